The maximum absolute atomic E-state index is 6.22. The van der Waals surface area contributed by atoms with Gasteiger partial charge in [-0.15, -0.1) is 0 Å². The lowest BCUT2D eigenvalue weighted by atomic mass is 9.68. The Morgan fingerprint density at radius 1 is 1.10 bits per heavy atom. The van der Waals surface area contributed by atoms with Gasteiger partial charge in [-0.3, -0.25) is 0 Å². The summed E-state index contributed by atoms with van der Waals surface area (Å²) >= 11 is 6.22. The van der Waals surface area contributed by atoms with E-state index in [-0.39, 0.29) is 5.41 Å². The zero-order chi connectivity index (χ0) is 20.1. The Hall–Kier alpha value is -2.14. The van der Waals surface area contributed by atoms with Gasteiger partial charge in [0, 0.05) is 47.9 Å². The standard InChI is InChI=1S/C24H29ClN4/c25-20-8-4-7-19(14-20)24(17-26)11-9-21(10-12-24)27-15-22-16-28-23(29-22)13-18-5-2-1-3-6-18/h1-8,14,16,21,27H,9-13,15,17,26H2,(H,28,29). The third kappa shape index (κ3) is 4.89. The lowest BCUT2D eigenvalue weighted by Gasteiger charge is -2.40. The SMILES string of the molecule is NCC1(c2cccc(Cl)c2)CCC(NCc2cnc(Cc3ccccc3)[nH]2)CC1. The maximum Gasteiger partial charge on any atom is 0.110 e. The van der Waals surface area contributed by atoms with Crippen molar-refractivity contribution >= 4 is 11.6 Å². The van der Waals surface area contributed by atoms with Crippen molar-refractivity contribution in [3.8, 4) is 0 Å². The molecule has 1 fully saturated rings. The molecule has 29 heavy (non-hydrogen) atoms. The van der Waals surface area contributed by atoms with Gasteiger partial charge in [-0.1, -0.05) is 54.1 Å². The summed E-state index contributed by atoms with van der Waals surface area (Å²) in [6, 6.07) is 19.2. The summed E-state index contributed by atoms with van der Waals surface area (Å²) in [4.78, 5) is 7.99. The van der Waals surface area contributed by atoms with Gasteiger partial charge in [-0.25, -0.2) is 4.98 Å². The summed E-state index contributed by atoms with van der Waals surface area (Å²) < 4.78 is 0. The molecule has 1 aliphatic carbocycles. The lowest BCUT2D eigenvalue weighted by molar-refractivity contribution is 0.250. The van der Waals surface area contributed by atoms with Crippen LogP contribution in [0.2, 0.25) is 5.02 Å². The van der Waals surface area contributed by atoms with Crippen LogP contribution in [0.4, 0.5) is 0 Å². The van der Waals surface area contributed by atoms with Gasteiger partial charge in [0.25, 0.3) is 0 Å². The van der Waals surface area contributed by atoms with E-state index in [1.165, 1.54) is 11.1 Å². The zero-order valence-corrected chi connectivity index (χ0v) is 17.5. The number of nitrogens with one attached hydrogen (secondary N) is 2. The Morgan fingerprint density at radius 2 is 1.90 bits per heavy atom. The van der Waals surface area contributed by atoms with Crippen LogP contribution in [0.1, 0.15) is 48.3 Å². The highest BCUT2D eigenvalue weighted by atomic mass is 35.5. The number of imidazole rings is 1. The lowest BCUT2D eigenvalue weighted by Crippen LogP contribution is -2.43. The van der Waals surface area contributed by atoms with Crippen molar-refractivity contribution in [3.05, 3.63) is 88.5 Å². The van der Waals surface area contributed by atoms with E-state index < -0.39 is 0 Å². The minimum absolute atomic E-state index is 0.0555. The topological polar surface area (TPSA) is 66.7 Å². The molecular weight excluding hydrogens is 380 g/mol. The second-order valence-corrected chi connectivity index (χ2v) is 8.60. The van der Waals surface area contributed by atoms with Gasteiger partial charge in [-0.2, -0.15) is 0 Å². The predicted octanol–water partition coefficient (Wildman–Crippen LogP) is 4.58. The largest absolute Gasteiger partial charge is 0.345 e. The van der Waals surface area contributed by atoms with Crippen LogP contribution in [0.5, 0.6) is 0 Å². The number of hydrogen-bond acceptors (Lipinski definition) is 3. The average molecular weight is 409 g/mol. The molecule has 2 aromatic carbocycles. The summed E-state index contributed by atoms with van der Waals surface area (Å²) in [5.41, 5.74) is 9.97. The van der Waals surface area contributed by atoms with E-state index in [9.17, 15) is 0 Å². The number of halogens is 1. The van der Waals surface area contributed by atoms with E-state index in [2.05, 4.69) is 51.7 Å². The number of hydrogen-bond donors (Lipinski definition) is 3. The van der Waals surface area contributed by atoms with Crippen LogP contribution in [0.25, 0.3) is 0 Å². The molecule has 0 radical (unpaired) electrons. The Balaban J connectivity index is 1.30. The minimum Gasteiger partial charge on any atom is -0.345 e. The minimum atomic E-state index is 0.0555. The van der Waals surface area contributed by atoms with Crippen LogP contribution >= 0.6 is 11.6 Å². The number of rotatable bonds is 7. The van der Waals surface area contributed by atoms with Crippen molar-refractivity contribution in [3.63, 3.8) is 0 Å². The van der Waals surface area contributed by atoms with Crippen LogP contribution in [0.3, 0.4) is 0 Å². The molecule has 0 aliphatic heterocycles. The smallest absolute Gasteiger partial charge is 0.110 e. The fourth-order valence-corrected chi connectivity index (χ4v) is 4.62. The average Bonchev–Trinajstić information content (AvgIpc) is 3.21. The van der Waals surface area contributed by atoms with Gasteiger partial charge in [-0.05, 0) is 48.9 Å². The van der Waals surface area contributed by atoms with E-state index in [1.54, 1.807) is 0 Å². The number of benzene rings is 2. The predicted molar refractivity (Wildman–Crippen MR) is 119 cm³/mol. The maximum atomic E-state index is 6.22. The highest BCUT2D eigenvalue weighted by molar-refractivity contribution is 6.30. The molecular formula is C24H29ClN4. The summed E-state index contributed by atoms with van der Waals surface area (Å²) in [5.74, 6) is 1.01. The van der Waals surface area contributed by atoms with Crippen molar-refractivity contribution in [1.29, 1.82) is 0 Å². The van der Waals surface area contributed by atoms with Gasteiger partial charge in [0.05, 0.1) is 0 Å². The molecule has 4 N–H and O–H groups in total. The van der Waals surface area contributed by atoms with Gasteiger partial charge < -0.3 is 16.0 Å². The molecule has 0 saturated heterocycles. The van der Waals surface area contributed by atoms with Crippen molar-refractivity contribution in [2.45, 2.75) is 50.1 Å². The monoisotopic (exact) mass is 408 g/mol. The zero-order valence-electron chi connectivity index (χ0n) is 16.7. The van der Waals surface area contributed by atoms with Gasteiger partial charge in [0.15, 0.2) is 0 Å². The first kappa shape index (κ1) is 20.1. The molecule has 1 saturated carbocycles. The molecule has 0 atom stereocenters. The van der Waals surface area contributed by atoms with Crippen LogP contribution in [0, 0.1) is 0 Å². The highest BCUT2D eigenvalue weighted by Gasteiger charge is 2.35. The summed E-state index contributed by atoms with van der Waals surface area (Å²) in [6.45, 7) is 1.49. The highest BCUT2D eigenvalue weighted by Crippen LogP contribution is 2.39. The van der Waals surface area contributed by atoms with Crippen molar-refractivity contribution in [2.24, 2.45) is 5.73 Å². The molecule has 0 unspecified atom stereocenters. The molecule has 5 heteroatoms. The number of nitrogens with two attached hydrogens (primary N) is 1. The first-order chi connectivity index (χ1) is 14.2. The Bertz CT molecular complexity index is 913. The summed E-state index contributed by atoms with van der Waals surface area (Å²) in [6.07, 6.45) is 7.20. The fraction of sp³-hybridized carbons (Fsp3) is 0.375. The molecule has 1 aromatic heterocycles. The number of aromatic nitrogens is 2. The molecule has 0 spiro atoms. The van der Waals surface area contributed by atoms with E-state index >= 15 is 0 Å². The summed E-state index contributed by atoms with van der Waals surface area (Å²) in [5, 5.41) is 4.49. The normalized spacial score (nSPS) is 21.9. The molecule has 1 aliphatic rings. The first-order valence-electron chi connectivity index (χ1n) is 10.4. The molecule has 3 aromatic rings. The molecule has 4 rings (SSSR count). The van der Waals surface area contributed by atoms with Crippen LogP contribution < -0.4 is 11.1 Å². The van der Waals surface area contributed by atoms with E-state index in [0.29, 0.717) is 12.6 Å². The second-order valence-electron chi connectivity index (χ2n) is 8.17. The van der Waals surface area contributed by atoms with Crippen molar-refractivity contribution in [1.82, 2.24) is 15.3 Å². The van der Waals surface area contributed by atoms with Crippen molar-refractivity contribution in [2.75, 3.05) is 6.54 Å². The number of aromatic amines is 1. The second kappa shape index (κ2) is 9.12. The van der Waals surface area contributed by atoms with E-state index in [4.69, 9.17) is 17.3 Å². The molecule has 0 amide bonds. The molecule has 4 nitrogen and oxygen atoms in total. The van der Waals surface area contributed by atoms with Gasteiger partial charge in [0.2, 0.25) is 0 Å². The number of H-pyrrole nitrogens is 1. The van der Waals surface area contributed by atoms with Crippen LogP contribution in [0.15, 0.2) is 60.8 Å². The van der Waals surface area contributed by atoms with Crippen LogP contribution in [-0.2, 0) is 18.4 Å². The summed E-state index contributed by atoms with van der Waals surface area (Å²) in [7, 11) is 0. The van der Waals surface area contributed by atoms with E-state index in [0.717, 1.165) is 55.2 Å². The molecule has 152 valence electrons. The quantitative estimate of drug-likeness (QED) is 0.536. The van der Waals surface area contributed by atoms with Gasteiger partial charge in [0.1, 0.15) is 5.82 Å². The van der Waals surface area contributed by atoms with Crippen molar-refractivity contribution < 1.29 is 0 Å². The number of nitrogens with zero attached hydrogens (tertiary/aromatic N) is 1. The third-order valence-corrected chi connectivity index (χ3v) is 6.48. The van der Waals surface area contributed by atoms with E-state index in [1.807, 2.05) is 24.4 Å². The molecule has 0 bridgehead atoms. The molecule has 1 heterocycles. The Labute approximate surface area is 177 Å². The van der Waals surface area contributed by atoms with Gasteiger partial charge >= 0.3 is 0 Å². The fourth-order valence-electron chi connectivity index (χ4n) is 4.43. The Morgan fingerprint density at radius 3 is 2.62 bits per heavy atom. The first-order valence-corrected chi connectivity index (χ1v) is 10.8. The Kier molecular flexibility index (Phi) is 6.34. The third-order valence-electron chi connectivity index (χ3n) is 6.25. The van der Waals surface area contributed by atoms with Crippen LogP contribution in [-0.4, -0.2) is 22.6 Å².